The Bertz CT molecular complexity index is 728. The smallest absolute Gasteiger partial charge is 0.165 e. The zero-order valence-corrected chi connectivity index (χ0v) is 14.3. The minimum Gasteiger partial charge on any atom is -0.314 e. The topological polar surface area (TPSA) is 30.7 Å². The molecule has 120 valence electrons. The molecule has 23 heavy (non-hydrogen) atoms. The van der Waals surface area contributed by atoms with Crippen LogP contribution in [0.1, 0.15) is 44.3 Å². The first-order chi connectivity index (χ1) is 11.1. The van der Waals surface area contributed by atoms with Gasteiger partial charge in [0.05, 0.1) is 5.02 Å². The third kappa shape index (κ3) is 2.02. The number of nitrogens with zero attached hydrogens (tertiary/aromatic N) is 3. The van der Waals surface area contributed by atoms with Gasteiger partial charge in [0.25, 0.3) is 0 Å². The van der Waals surface area contributed by atoms with E-state index in [1.807, 2.05) is 24.3 Å². The summed E-state index contributed by atoms with van der Waals surface area (Å²) in [5.74, 6) is 4.86. The Balaban J connectivity index is 1.59. The summed E-state index contributed by atoms with van der Waals surface area (Å²) >= 11 is 6.38. The Morgan fingerprint density at radius 2 is 1.61 bits per heavy atom. The highest BCUT2D eigenvalue weighted by Gasteiger charge is 2.53. The Hall–Kier alpha value is -1.35. The van der Waals surface area contributed by atoms with Crippen molar-refractivity contribution in [1.82, 2.24) is 14.8 Å². The molecule has 3 nitrogen and oxygen atoms in total. The third-order valence-electron chi connectivity index (χ3n) is 6.50. The summed E-state index contributed by atoms with van der Waals surface area (Å²) < 4.78 is 2.22. The minimum atomic E-state index is 0.274. The van der Waals surface area contributed by atoms with E-state index < -0.39 is 0 Å². The van der Waals surface area contributed by atoms with E-state index >= 15 is 0 Å². The maximum absolute atomic E-state index is 6.38. The average Bonchev–Trinajstić information content (AvgIpc) is 2.89. The number of hydrogen-bond donors (Lipinski definition) is 0. The van der Waals surface area contributed by atoms with Gasteiger partial charge in [-0.15, -0.1) is 10.2 Å². The van der Waals surface area contributed by atoms with E-state index in [2.05, 4.69) is 21.8 Å². The lowest BCUT2D eigenvalue weighted by atomic mass is 9.49. The number of halogens is 1. The maximum atomic E-state index is 6.38. The molecule has 0 spiro atoms. The molecule has 4 aliphatic carbocycles. The van der Waals surface area contributed by atoms with Crippen LogP contribution in [0.2, 0.25) is 5.02 Å². The van der Waals surface area contributed by atoms with Crippen LogP contribution in [0.15, 0.2) is 24.3 Å². The molecular weight excluding hydrogens is 306 g/mol. The zero-order chi connectivity index (χ0) is 15.6. The fourth-order valence-corrected chi connectivity index (χ4v) is 6.27. The highest BCUT2D eigenvalue weighted by atomic mass is 35.5. The molecule has 0 saturated heterocycles. The van der Waals surface area contributed by atoms with Gasteiger partial charge in [0.1, 0.15) is 5.82 Å². The molecule has 1 aromatic heterocycles. The second-order valence-electron chi connectivity index (χ2n) is 8.08. The lowest BCUT2D eigenvalue weighted by Crippen LogP contribution is -2.49. The molecule has 6 rings (SSSR count). The lowest BCUT2D eigenvalue weighted by molar-refractivity contribution is -0.0107. The van der Waals surface area contributed by atoms with Crippen LogP contribution in [0, 0.1) is 17.8 Å². The summed E-state index contributed by atoms with van der Waals surface area (Å²) in [6.07, 6.45) is 8.30. The predicted molar refractivity (Wildman–Crippen MR) is 91.3 cm³/mol. The molecule has 4 saturated carbocycles. The molecule has 4 heteroatoms. The normalized spacial score (nSPS) is 35.0. The minimum absolute atomic E-state index is 0.274. The Morgan fingerprint density at radius 1 is 1.00 bits per heavy atom. The van der Waals surface area contributed by atoms with Crippen LogP contribution in [-0.2, 0) is 12.5 Å². The van der Waals surface area contributed by atoms with Crippen molar-refractivity contribution in [2.24, 2.45) is 24.8 Å². The molecular formula is C19H22ClN3. The Morgan fingerprint density at radius 3 is 2.22 bits per heavy atom. The van der Waals surface area contributed by atoms with E-state index in [9.17, 15) is 0 Å². The summed E-state index contributed by atoms with van der Waals surface area (Å²) in [7, 11) is 2.12. The van der Waals surface area contributed by atoms with E-state index in [0.29, 0.717) is 0 Å². The van der Waals surface area contributed by atoms with Crippen molar-refractivity contribution in [1.29, 1.82) is 0 Å². The van der Waals surface area contributed by atoms with Gasteiger partial charge >= 0.3 is 0 Å². The van der Waals surface area contributed by atoms with Gasteiger partial charge in [-0.2, -0.15) is 0 Å². The van der Waals surface area contributed by atoms with Crippen molar-refractivity contribution in [3.63, 3.8) is 0 Å². The first kappa shape index (κ1) is 14.0. The third-order valence-corrected chi connectivity index (χ3v) is 6.83. The summed E-state index contributed by atoms with van der Waals surface area (Å²) in [5, 5.41) is 9.96. The first-order valence-electron chi connectivity index (χ1n) is 8.79. The van der Waals surface area contributed by atoms with Crippen LogP contribution in [0.25, 0.3) is 11.4 Å². The monoisotopic (exact) mass is 327 g/mol. The Labute approximate surface area is 142 Å². The van der Waals surface area contributed by atoms with Gasteiger partial charge in [-0.25, -0.2) is 0 Å². The van der Waals surface area contributed by atoms with Gasteiger partial charge in [0, 0.05) is 18.0 Å². The summed E-state index contributed by atoms with van der Waals surface area (Å²) in [5.41, 5.74) is 1.26. The molecule has 0 N–H and O–H groups in total. The van der Waals surface area contributed by atoms with Gasteiger partial charge in [-0.05, 0) is 68.4 Å². The Kier molecular flexibility index (Phi) is 2.94. The molecule has 4 aliphatic rings. The van der Waals surface area contributed by atoms with Crippen molar-refractivity contribution in [3.8, 4) is 11.4 Å². The molecule has 2 aromatic rings. The van der Waals surface area contributed by atoms with Gasteiger partial charge in [0.2, 0.25) is 0 Å². The van der Waals surface area contributed by atoms with Crippen LogP contribution in [0.5, 0.6) is 0 Å². The van der Waals surface area contributed by atoms with Gasteiger partial charge in [-0.3, -0.25) is 0 Å². The van der Waals surface area contributed by atoms with Crippen molar-refractivity contribution < 1.29 is 0 Å². The van der Waals surface area contributed by atoms with E-state index in [1.165, 1.54) is 44.3 Å². The molecule has 4 bridgehead atoms. The number of aromatic nitrogens is 3. The summed E-state index contributed by atoms with van der Waals surface area (Å²) in [4.78, 5) is 0. The highest BCUT2D eigenvalue weighted by Crippen LogP contribution is 2.60. The summed E-state index contributed by atoms with van der Waals surface area (Å²) in [6.45, 7) is 0. The molecule has 1 heterocycles. The SMILES string of the molecule is Cn1c(-c2ccccc2Cl)nnc1C12CC3CC(CC(C3)C1)C2. The van der Waals surface area contributed by atoms with Crippen LogP contribution in [-0.4, -0.2) is 14.8 Å². The van der Waals surface area contributed by atoms with E-state index in [-0.39, 0.29) is 5.41 Å². The van der Waals surface area contributed by atoms with E-state index in [4.69, 9.17) is 11.6 Å². The number of rotatable bonds is 2. The van der Waals surface area contributed by atoms with Crippen LogP contribution in [0.3, 0.4) is 0 Å². The molecule has 0 unspecified atom stereocenters. The predicted octanol–water partition coefficient (Wildman–Crippen LogP) is 4.60. The van der Waals surface area contributed by atoms with Crippen molar-refractivity contribution >= 4 is 11.6 Å². The van der Waals surface area contributed by atoms with Crippen LogP contribution in [0.4, 0.5) is 0 Å². The molecule has 0 aliphatic heterocycles. The second kappa shape index (κ2) is 4.83. The average molecular weight is 328 g/mol. The van der Waals surface area contributed by atoms with Gasteiger partial charge in [0.15, 0.2) is 5.82 Å². The zero-order valence-electron chi connectivity index (χ0n) is 13.5. The van der Waals surface area contributed by atoms with E-state index in [1.54, 1.807) is 0 Å². The molecule has 1 aromatic carbocycles. The maximum Gasteiger partial charge on any atom is 0.165 e. The highest BCUT2D eigenvalue weighted by molar-refractivity contribution is 6.33. The van der Waals surface area contributed by atoms with Gasteiger partial charge < -0.3 is 4.57 Å². The standard InChI is InChI=1S/C19H22ClN3/c1-23-17(15-4-2-3-5-16(15)20)21-22-18(23)19-9-12-6-13(10-19)8-14(7-12)11-19/h2-5,12-14H,6-11H2,1H3. The first-order valence-corrected chi connectivity index (χ1v) is 9.17. The molecule has 0 amide bonds. The van der Waals surface area contributed by atoms with Gasteiger partial charge in [-0.1, -0.05) is 23.7 Å². The largest absolute Gasteiger partial charge is 0.314 e. The number of hydrogen-bond acceptors (Lipinski definition) is 2. The molecule has 0 atom stereocenters. The lowest BCUT2D eigenvalue weighted by Gasteiger charge is -2.56. The fraction of sp³-hybridized carbons (Fsp3) is 0.579. The summed E-state index contributed by atoms with van der Waals surface area (Å²) in [6, 6.07) is 7.94. The van der Waals surface area contributed by atoms with Crippen LogP contribution >= 0.6 is 11.6 Å². The van der Waals surface area contributed by atoms with Crippen molar-refractivity contribution in [2.75, 3.05) is 0 Å². The number of benzene rings is 1. The van der Waals surface area contributed by atoms with Crippen molar-refractivity contribution in [2.45, 2.75) is 43.9 Å². The molecule has 0 radical (unpaired) electrons. The quantitative estimate of drug-likeness (QED) is 0.806. The van der Waals surface area contributed by atoms with Crippen molar-refractivity contribution in [3.05, 3.63) is 35.1 Å². The van der Waals surface area contributed by atoms with E-state index in [0.717, 1.165) is 34.2 Å². The molecule has 4 fully saturated rings. The second-order valence-corrected chi connectivity index (χ2v) is 8.49. The fourth-order valence-electron chi connectivity index (χ4n) is 6.05. The van der Waals surface area contributed by atoms with Crippen LogP contribution < -0.4 is 0 Å².